The molecule has 1 saturated carbocycles. The first kappa shape index (κ1) is 22.1. The molecule has 1 aromatic heterocycles. The molecule has 0 aromatic carbocycles. The Morgan fingerprint density at radius 3 is 2.32 bits per heavy atom. The summed E-state index contributed by atoms with van der Waals surface area (Å²) in [5.41, 5.74) is 3.83. The molecule has 6 nitrogen and oxygen atoms in total. The maximum atomic E-state index is 13.3. The van der Waals surface area contributed by atoms with Crippen LogP contribution in [0.1, 0.15) is 80.1 Å². The number of carbonyl (C=O) groups excluding carboxylic acids is 2. The van der Waals surface area contributed by atoms with Crippen LogP contribution in [0.5, 0.6) is 0 Å². The van der Waals surface area contributed by atoms with Gasteiger partial charge in [0.1, 0.15) is 5.00 Å². The predicted octanol–water partition coefficient (Wildman–Crippen LogP) is 4.54. The number of anilines is 1. The first-order chi connectivity index (χ1) is 14.8. The van der Waals surface area contributed by atoms with Crippen molar-refractivity contribution in [1.29, 1.82) is 0 Å². The highest BCUT2D eigenvalue weighted by atomic mass is 32.1. The summed E-state index contributed by atoms with van der Waals surface area (Å²) >= 11 is 1.51. The maximum absolute atomic E-state index is 13.3. The first-order valence-electron chi connectivity index (χ1n) is 11.4. The van der Waals surface area contributed by atoms with Crippen molar-refractivity contribution in [1.82, 2.24) is 5.32 Å². The lowest BCUT2D eigenvalue weighted by Gasteiger charge is -2.29. The Hall–Kier alpha value is -2.15. The summed E-state index contributed by atoms with van der Waals surface area (Å²) in [6.45, 7) is 6.10. The van der Waals surface area contributed by atoms with Crippen LogP contribution in [-0.4, -0.2) is 28.9 Å². The van der Waals surface area contributed by atoms with Crippen molar-refractivity contribution in [3.8, 4) is 0 Å². The van der Waals surface area contributed by atoms with Crippen molar-refractivity contribution < 1.29 is 19.5 Å². The minimum Gasteiger partial charge on any atom is -0.481 e. The quantitative estimate of drug-likeness (QED) is 0.561. The van der Waals surface area contributed by atoms with Crippen molar-refractivity contribution in [3.63, 3.8) is 0 Å². The Morgan fingerprint density at radius 1 is 1.03 bits per heavy atom. The molecule has 168 valence electrons. The van der Waals surface area contributed by atoms with E-state index in [0.29, 0.717) is 29.3 Å². The molecule has 31 heavy (non-hydrogen) atoms. The van der Waals surface area contributed by atoms with Gasteiger partial charge in [0, 0.05) is 10.9 Å². The molecule has 1 heterocycles. The van der Waals surface area contributed by atoms with Gasteiger partial charge in [-0.15, -0.1) is 11.3 Å². The number of hydrogen-bond acceptors (Lipinski definition) is 4. The van der Waals surface area contributed by atoms with E-state index in [1.807, 2.05) is 13.8 Å². The Balaban J connectivity index is 1.62. The summed E-state index contributed by atoms with van der Waals surface area (Å²) in [6, 6.07) is 0.240. The average molecular weight is 445 g/mol. The molecule has 4 rings (SSSR count). The van der Waals surface area contributed by atoms with Crippen molar-refractivity contribution in [2.24, 2.45) is 17.8 Å². The van der Waals surface area contributed by atoms with Crippen LogP contribution < -0.4 is 10.6 Å². The van der Waals surface area contributed by atoms with E-state index >= 15 is 0 Å². The molecule has 1 aromatic rings. The van der Waals surface area contributed by atoms with E-state index in [-0.39, 0.29) is 17.9 Å². The second-order valence-electron chi connectivity index (χ2n) is 9.48. The number of carboxylic acid groups (broad SMARTS) is 1. The van der Waals surface area contributed by atoms with Crippen LogP contribution in [0.25, 0.3) is 0 Å². The van der Waals surface area contributed by atoms with Crippen molar-refractivity contribution >= 4 is 34.1 Å². The lowest BCUT2D eigenvalue weighted by atomic mass is 9.76. The molecule has 3 N–H and O–H groups in total. The van der Waals surface area contributed by atoms with Crippen LogP contribution in [0.2, 0.25) is 0 Å². The molecule has 0 unspecified atom stereocenters. The zero-order valence-electron chi connectivity index (χ0n) is 18.5. The number of thiophene rings is 1. The number of carboxylic acids is 1. The number of fused-ring (bicyclic) bond motifs is 1. The average Bonchev–Trinajstić information content (AvgIpc) is 3.47. The van der Waals surface area contributed by atoms with E-state index in [1.165, 1.54) is 16.2 Å². The van der Waals surface area contributed by atoms with Crippen molar-refractivity contribution in [2.75, 3.05) is 5.32 Å². The van der Waals surface area contributed by atoms with E-state index in [2.05, 4.69) is 17.6 Å². The van der Waals surface area contributed by atoms with E-state index in [0.717, 1.165) is 55.2 Å². The van der Waals surface area contributed by atoms with Crippen LogP contribution in [0.3, 0.4) is 0 Å². The molecular weight excluding hydrogens is 412 g/mol. The molecule has 0 bridgehead atoms. The zero-order valence-corrected chi connectivity index (χ0v) is 19.4. The van der Waals surface area contributed by atoms with Crippen LogP contribution in [-0.2, 0) is 22.4 Å². The van der Waals surface area contributed by atoms with Gasteiger partial charge in [0.15, 0.2) is 0 Å². The predicted molar refractivity (Wildman–Crippen MR) is 121 cm³/mol. The number of allylic oxidation sites excluding steroid dienone is 2. The van der Waals surface area contributed by atoms with Gasteiger partial charge >= 0.3 is 5.97 Å². The minimum atomic E-state index is -0.935. The van der Waals surface area contributed by atoms with E-state index in [4.69, 9.17) is 0 Å². The molecule has 0 saturated heterocycles. The number of hydrogen-bond donors (Lipinski definition) is 3. The molecule has 2 amide bonds. The summed E-state index contributed by atoms with van der Waals surface area (Å²) in [7, 11) is 0. The molecule has 3 atom stereocenters. The highest BCUT2D eigenvalue weighted by Gasteiger charge is 2.39. The Bertz CT molecular complexity index is 944. The van der Waals surface area contributed by atoms with Crippen LogP contribution >= 0.6 is 11.3 Å². The van der Waals surface area contributed by atoms with Gasteiger partial charge < -0.3 is 15.7 Å². The summed E-state index contributed by atoms with van der Waals surface area (Å²) in [4.78, 5) is 39.4. The van der Waals surface area contributed by atoms with Crippen molar-refractivity contribution in [3.05, 3.63) is 27.2 Å². The van der Waals surface area contributed by atoms with Gasteiger partial charge in [-0.25, -0.2) is 0 Å². The zero-order chi connectivity index (χ0) is 22.3. The fourth-order valence-corrected chi connectivity index (χ4v) is 6.21. The van der Waals surface area contributed by atoms with E-state index in [9.17, 15) is 19.5 Å². The van der Waals surface area contributed by atoms with Gasteiger partial charge in [0.05, 0.1) is 17.4 Å². The summed E-state index contributed by atoms with van der Waals surface area (Å²) < 4.78 is 0. The highest BCUT2D eigenvalue weighted by Crippen LogP contribution is 2.42. The summed E-state index contributed by atoms with van der Waals surface area (Å²) in [5, 5.41) is 16.4. The number of rotatable bonds is 6. The van der Waals surface area contributed by atoms with Crippen LogP contribution in [0.15, 0.2) is 11.1 Å². The number of amides is 2. The lowest BCUT2D eigenvalue weighted by molar-refractivity contribution is -0.146. The van der Waals surface area contributed by atoms with E-state index in [1.54, 1.807) is 0 Å². The molecule has 3 aliphatic rings. The highest BCUT2D eigenvalue weighted by molar-refractivity contribution is 7.17. The standard InChI is InChI=1S/C24H32N2O4S/c1-4-14-5-8-16-19(11-14)31-23(20(16)22(28)25-15-6-7-15)26-21(27)17-9-12(2)13(3)10-18(17)24(29)30/h14-15,17-18H,4-11H2,1-3H3,(H,25,28)(H,26,27)(H,29,30)/t14-,17+,18-/m1/s1. The fraction of sp³-hybridized carbons (Fsp3) is 0.625. The number of aliphatic carboxylic acids is 1. The second-order valence-corrected chi connectivity index (χ2v) is 10.6. The SMILES string of the molecule is CC[C@@H]1CCc2c(sc(NC(=O)[C@H]3CC(C)=C(C)C[C@H]3C(=O)O)c2C(=O)NC2CC2)C1. The lowest BCUT2D eigenvalue weighted by Crippen LogP contribution is -2.37. The molecule has 0 spiro atoms. The van der Waals surface area contributed by atoms with Gasteiger partial charge in [-0.2, -0.15) is 0 Å². The smallest absolute Gasteiger partial charge is 0.307 e. The molecule has 1 fully saturated rings. The maximum Gasteiger partial charge on any atom is 0.307 e. The van der Waals surface area contributed by atoms with Gasteiger partial charge in [-0.05, 0) is 70.3 Å². The molecule has 0 aliphatic heterocycles. The molecule has 7 heteroatoms. The third-order valence-corrected chi connectivity index (χ3v) is 8.41. The third kappa shape index (κ3) is 4.56. The Labute approximate surface area is 187 Å². The van der Waals surface area contributed by atoms with Crippen LogP contribution in [0.4, 0.5) is 5.00 Å². The largest absolute Gasteiger partial charge is 0.481 e. The number of carbonyl (C=O) groups is 3. The fourth-order valence-electron chi connectivity index (χ4n) is 4.85. The number of nitrogens with one attached hydrogen (secondary N) is 2. The first-order valence-corrected chi connectivity index (χ1v) is 12.2. The van der Waals surface area contributed by atoms with Crippen LogP contribution in [0, 0.1) is 17.8 Å². The Kier molecular flexibility index (Phi) is 6.24. The Morgan fingerprint density at radius 2 is 1.71 bits per heavy atom. The van der Waals surface area contributed by atoms with Gasteiger partial charge in [-0.1, -0.05) is 24.5 Å². The van der Waals surface area contributed by atoms with Gasteiger partial charge in [0.2, 0.25) is 5.91 Å². The van der Waals surface area contributed by atoms with Crippen molar-refractivity contribution in [2.45, 2.75) is 78.2 Å². The molecular formula is C24H32N2O4S. The summed E-state index contributed by atoms with van der Waals surface area (Å²) in [5.74, 6) is -2.06. The monoisotopic (exact) mass is 444 g/mol. The minimum absolute atomic E-state index is 0.101. The van der Waals surface area contributed by atoms with Gasteiger partial charge in [0.25, 0.3) is 5.91 Å². The molecule has 3 aliphatic carbocycles. The second kappa shape index (κ2) is 8.77. The van der Waals surface area contributed by atoms with E-state index < -0.39 is 17.8 Å². The molecule has 0 radical (unpaired) electrons. The topological polar surface area (TPSA) is 95.5 Å². The third-order valence-electron chi connectivity index (χ3n) is 7.24. The normalized spacial score (nSPS) is 25.7. The summed E-state index contributed by atoms with van der Waals surface area (Å²) in [6.07, 6.45) is 6.82. The van der Waals surface area contributed by atoms with Gasteiger partial charge in [-0.3, -0.25) is 14.4 Å².